The third kappa shape index (κ3) is 3.93. The van der Waals surface area contributed by atoms with E-state index in [-0.39, 0.29) is 5.88 Å². The van der Waals surface area contributed by atoms with Crippen LogP contribution in [-0.2, 0) is 6.42 Å². The zero-order valence-electron chi connectivity index (χ0n) is 8.91. The number of aryl methyl sites for hydroxylation is 1. The molecule has 1 heterocycles. The van der Waals surface area contributed by atoms with Gasteiger partial charge in [0.25, 0.3) is 6.43 Å². The van der Waals surface area contributed by atoms with Crippen molar-refractivity contribution in [1.82, 2.24) is 9.97 Å². The fourth-order valence-corrected chi connectivity index (χ4v) is 1.10. The standard InChI is InChI=1S/C9H14F2N4O/c1-2-3-7-13-8(15-12)4-9(14-7)16-5-6(10)11/h4,6H,2-3,5,12H2,1H3,(H,13,14,15). The van der Waals surface area contributed by atoms with Crippen LogP contribution in [0, 0.1) is 0 Å². The van der Waals surface area contributed by atoms with Crippen molar-refractivity contribution < 1.29 is 13.5 Å². The van der Waals surface area contributed by atoms with Crippen LogP contribution < -0.4 is 16.0 Å². The zero-order valence-corrected chi connectivity index (χ0v) is 8.91. The van der Waals surface area contributed by atoms with E-state index in [4.69, 9.17) is 10.6 Å². The summed E-state index contributed by atoms with van der Waals surface area (Å²) in [5, 5.41) is 0. The quantitative estimate of drug-likeness (QED) is 0.572. The molecule has 7 heteroatoms. The van der Waals surface area contributed by atoms with Crippen molar-refractivity contribution in [2.75, 3.05) is 12.0 Å². The molecule has 1 aromatic rings. The number of ether oxygens (including phenoxy) is 1. The number of halogens is 2. The third-order valence-corrected chi connectivity index (χ3v) is 1.73. The van der Waals surface area contributed by atoms with Crippen molar-refractivity contribution in [1.29, 1.82) is 0 Å². The average Bonchev–Trinajstić information content (AvgIpc) is 2.26. The number of hydrogen-bond acceptors (Lipinski definition) is 5. The van der Waals surface area contributed by atoms with E-state index in [1.54, 1.807) is 0 Å². The van der Waals surface area contributed by atoms with Crippen molar-refractivity contribution >= 4 is 5.82 Å². The van der Waals surface area contributed by atoms with E-state index in [9.17, 15) is 8.78 Å². The number of nitrogens with two attached hydrogens (primary N) is 1. The summed E-state index contributed by atoms with van der Waals surface area (Å²) >= 11 is 0. The van der Waals surface area contributed by atoms with Crippen molar-refractivity contribution in [3.05, 3.63) is 11.9 Å². The van der Waals surface area contributed by atoms with Gasteiger partial charge in [-0.15, -0.1) is 0 Å². The second kappa shape index (κ2) is 6.16. The van der Waals surface area contributed by atoms with E-state index >= 15 is 0 Å². The first-order valence-electron chi connectivity index (χ1n) is 4.91. The number of aromatic nitrogens is 2. The lowest BCUT2D eigenvalue weighted by Crippen LogP contribution is -2.13. The summed E-state index contributed by atoms with van der Waals surface area (Å²) in [5.74, 6) is 6.16. The van der Waals surface area contributed by atoms with Gasteiger partial charge in [-0.05, 0) is 6.42 Å². The summed E-state index contributed by atoms with van der Waals surface area (Å²) in [6.45, 7) is 1.28. The van der Waals surface area contributed by atoms with Crippen LogP contribution in [0.25, 0.3) is 0 Å². The molecule has 0 radical (unpaired) electrons. The molecule has 1 rings (SSSR count). The SMILES string of the molecule is CCCc1nc(NN)cc(OCC(F)F)n1. The largest absolute Gasteiger partial charge is 0.471 e. The summed E-state index contributed by atoms with van der Waals surface area (Å²) < 4.78 is 28.7. The van der Waals surface area contributed by atoms with Crippen molar-refractivity contribution in [2.45, 2.75) is 26.2 Å². The Labute approximate surface area is 92.0 Å². The number of nitrogens with one attached hydrogen (secondary N) is 1. The highest BCUT2D eigenvalue weighted by Gasteiger charge is 2.08. The van der Waals surface area contributed by atoms with Gasteiger partial charge < -0.3 is 10.2 Å². The van der Waals surface area contributed by atoms with Crippen LogP contribution in [0.2, 0.25) is 0 Å². The molecule has 0 spiro atoms. The third-order valence-electron chi connectivity index (χ3n) is 1.73. The van der Waals surface area contributed by atoms with Crippen LogP contribution in [0.5, 0.6) is 5.88 Å². The van der Waals surface area contributed by atoms with Gasteiger partial charge in [-0.25, -0.2) is 19.6 Å². The minimum Gasteiger partial charge on any atom is -0.471 e. The highest BCUT2D eigenvalue weighted by atomic mass is 19.3. The molecule has 1 aromatic heterocycles. The Kier molecular flexibility index (Phi) is 4.84. The van der Waals surface area contributed by atoms with Crippen LogP contribution in [0.15, 0.2) is 6.07 Å². The summed E-state index contributed by atoms with van der Waals surface area (Å²) in [6, 6.07) is 1.38. The number of alkyl halides is 2. The van der Waals surface area contributed by atoms with Gasteiger partial charge >= 0.3 is 0 Å². The van der Waals surface area contributed by atoms with Gasteiger partial charge in [0.2, 0.25) is 5.88 Å². The lowest BCUT2D eigenvalue weighted by atomic mass is 10.3. The van der Waals surface area contributed by atoms with Crippen LogP contribution >= 0.6 is 0 Å². The van der Waals surface area contributed by atoms with Gasteiger partial charge in [0.05, 0.1) is 0 Å². The molecule has 16 heavy (non-hydrogen) atoms. The predicted octanol–water partition coefficient (Wildman–Crippen LogP) is 1.36. The number of hydrogen-bond donors (Lipinski definition) is 2. The molecule has 0 amide bonds. The number of nitrogens with zero attached hydrogens (tertiary/aromatic N) is 2. The molecular weight excluding hydrogens is 218 g/mol. The van der Waals surface area contributed by atoms with E-state index in [1.807, 2.05) is 6.92 Å². The Morgan fingerprint density at radius 1 is 1.50 bits per heavy atom. The minimum atomic E-state index is -2.53. The Hall–Kier alpha value is -1.50. The van der Waals surface area contributed by atoms with E-state index in [0.29, 0.717) is 18.1 Å². The fraction of sp³-hybridized carbons (Fsp3) is 0.556. The molecule has 0 atom stereocenters. The van der Waals surface area contributed by atoms with Gasteiger partial charge in [0.1, 0.15) is 11.6 Å². The van der Waals surface area contributed by atoms with Crippen LogP contribution in [0.4, 0.5) is 14.6 Å². The second-order valence-corrected chi connectivity index (χ2v) is 3.10. The molecule has 0 fully saturated rings. The molecular formula is C9H14F2N4O. The zero-order chi connectivity index (χ0) is 12.0. The highest BCUT2D eigenvalue weighted by Crippen LogP contribution is 2.14. The molecule has 0 aromatic carbocycles. The van der Waals surface area contributed by atoms with Gasteiger partial charge in [0, 0.05) is 12.5 Å². The molecule has 0 saturated carbocycles. The first-order chi connectivity index (χ1) is 7.65. The van der Waals surface area contributed by atoms with Gasteiger partial charge in [0.15, 0.2) is 6.61 Å². The summed E-state index contributed by atoms with van der Waals surface area (Å²) in [5.41, 5.74) is 2.34. The fourth-order valence-electron chi connectivity index (χ4n) is 1.10. The number of nitrogen functional groups attached to an aromatic ring is 1. The number of hydrazine groups is 1. The van der Waals surface area contributed by atoms with E-state index in [1.165, 1.54) is 6.07 Å². The minimum absolute atomic E-state index is 0.103. The van der Waals surface area contributed by atoms with Gasteiger partial charge in [-0.2, -0.15) is 4.98 Å². The predicted molar refractivity (Wildman–Crippen MR) is 55.3 cm³/mol. The van der Waals surface area contributed by atoms with Crippen LogP contribution in [-0.4, -0.2) is 23.0 Å². The lowest BCUT2D eigenvalue weighted by Gasteiger charge is -2.08. The number of rotatable bonds is 6. The molecule has 0 aliphatic rings. The maximum Gasteiger partial charge on any atom is 0.272 e. The maximum absolute atomic E-state index is 11.9. The van der Waals surface area contributed by atoms with Gasteiger partial charge in [-0.1, -0.05) is 6.92 Å². The molecule has 0 aliphatic heterocycles. The molecule has 0 aliphatic carbocycles. The molecule has 90 valence electrons. The summed E-state index contributed by atoms with van der Waals surface area (Å²) in [6.07, 6.45) is -1.04. The number of anilines is 1. The van der Waals surface area contributed by atoms with Crippen molar-refractivity contribution in [3.63, 3.8) is 0 Å². The second-order valence-electron chi connectivity index (χ2n) is 3.10. The van der Waals surface area contributed by atoms with E-state index < -0.39 is 13.0 Å². The first-order valence-corrected chi connectivity index (χ1v) is 4.91. The normalized spacial score (nSPS) is 10.6. The molecule has 3 N–H and O–H groups in total. The van der Waals surface area contributed by atoms with E-state index in [2.05, 4.69) is 15.4 Å². The topological polar surface area (TPSA) is 73.1 Å². The van der Waals surface area contributed by atoms with Crippen molar-refractivity contribution in [3.8, 4) is 5.88 Å². The van der Waals surface area contributed by atoms with Crippen LogP contribution in [0.3, 0.4) is 0 Å². The summed E-state index contributed by atoms with van der Waals surface area (Å²) in [4.78, 5) is 8.03. The smallest absolute Gasteiger partial charge is 0.272 e. The molecule has 0 bridgehead atoms. The highest BCUT2D eigenvalue weighted by molar-refractivity contribution is 5.36. The molecule has 0 saturated heterocycles. The maximum atomic E-state index is 11.9. The monoisotopic (exact) mass is 232 g/mol. The lowest BCUT2D eigenvalue weighted by molar-refractivity contribution is 0.0794. The average molecular weight is 232 g/mol. The molecule has 5 nitrogen and oxygen atoms in total. The van der Waals surface area contributed by atoms with E-state index in [0.717, 1.165) is 6.42 Å². The Balaban J connectivity index is 2.77. The first kappa shape index (κ1) is 12.6. The summed E-state index contributed by atoms with van der Waals surface area (Å²) in [7, 11) is 0. The van der Waals surface area contributed by atoms with Crippen LogP contribution in [0.1, 0.15) is 19.2 Å². The molecule has 0 unspecified atom stereocenters. The Bertz CT molecular complexity index is 335. The van der Waals surface area contributed by atoms with Crippen molar-refractivity contribution in [2.24, 2.45) is 5.84 Å². The Morgan fingerprint density at radius 2 is 2.25 bits per heavy atom. The van der Waals surface area contributed by atoms with Gasteiger partial charge in [-0.3, -0.25) is 0 Å². The Morgan fingerprint density at radius 3 is 2.81 bits per heavy atom.